The Morgan fingerprint density at radius 1 is 0.857 bits per heavy atom. The van der Waals surface area contributed by atoms with Gasteiger partial charge in [-0.15, -0.1) is 0 Å². The molecule has 3 rings (SSSR count). The van der Waals surface area contributed by atoms with E-state index in [0.717, 1.165) is 22.5 Å². The highest BCUT2D eigenvalue weighted by Gasteiger charge is 2.25. The Hall–Kier alpha value is -1.98. The maximum Gasteiger partial charge on any atom is 0.210 e. The number of rotatable bonds is 0. The van der Waals surface area contributed by atoms with E-state index >= 15 is 0 Å². The molecule has 0 saturated carbocycles. The van der Waals surface area contributed by atoms with Gasteiger partial charge in [-0.1, -0.05) is 0 Å². The van der Waals surface area contributed by atoms with Crippen molar-refractivity contribution in [2.75, 3.05) is 0 Å². The molecule has 0 aliphatic heterocycles. The van der Waals surface area contributed by atoms with E-state index in [1.807, 2.05) is 0 Å². The molecule has 0 atom stereocenters. The highest BCUT2D eigenvalue weighted by molar-refractivity contribution is 5.46. The average Bonchev–Trinajstić information content (AvgIpc) is 2.71. The second-order valence-corrected chi connectivity index (χ2v) is 3.35. The van der Waals surface area contributed by atoms with Crippen LogP contribution in [0.3, 0.4) is 0 Å². The third-order valence-corrected chi connectivity index (χ3v) is 2.55. The van der Waals surface area contributed by atoms with Crippen LogP contribution in [0.2, 0.25) is 0 Å². The third-order valence-electron chi connectivity index (χ3n) is 2.55. The van der Waals surface area contributed by atoms with E-state index in [1.165, 1.54) is 0 Å². The van der Waals surface area contributed by atoms with Gasteiger partial charge in [0, 0.05) is 24.0 Å². The first kappa shape index (κ1) is 7.43. The van der Waals surface area contributed by atoms with Crippen molar-refractivity contribution in [2.24, 2.45) is 0 Å². The van der Waals surface area contributed by atoms with Crippen LogP contribution in [0.5, 0.6) is 11.8 Å². The fraction of sp³-hybridized carbons (Fsp3) is 0.250. The fourth-order valence-electron chi connectivity index (χ4n) is 1.78. The van der Waals surface area contributed by atoms with E-state index in [4.69, 9.17) is 0 Å². The molecule has 0 bridgehead atoms. The lowest BCUT2D eigenvalue weighted by molar-refractivity contribution is 0.445. The Balaban J connectivity index is 2.15. The third kappa shape index (κ3) is 0.795. The van der Waals surface area contributed by atoms with E-state index in [2.05, 4.69) is 20.4 Å². The Morgan fingerprint density at radius 2 is 1.29 bits per heavy atom. The molecule has 2 aromatic heterocycles. The van der Waals surface area contributed by atoms with Crippen LogP contribution in [0.25, 0.3) is 0 Å². The summed E-state index contributed by atoms with van der Waals surface area (Å²) in [5, 5.41) is 31.7. The molecular weight excluding hydrogens is 184 g/mol. The Morgan fingerprint density at radius 3 is 1.71 bits per heavy atom. The summed E-state index contributed by atoms with van der Waals surface area (Å²) in [7, 11) is 0. The first-order valence-electron chi connectivity index (χ1n) is 4.26. The molecule has 14 heavy (non-hydrogen) atoms. The molecule has 4 N–H and O–H groups in total. The minimum absolute atomic E-state index is 0.0909. The lowest BCUT2D eigenvalue weighted by Crippen LogP contribution is -2.04. The van der Waals surface area contributed by atoms with Gasteiger partial charge in [0.15, 0.2) is 0 Å². The minimum Gasteiger partial charge on any atom is -0.493 e. The molecule has 6 heteroatoms. The van der Waals surface area contributed by atoms with Crippen molar-refractivity contribution in [3.8, 4) is 11.8 Å². The monoisotopic (exact) mass is 192 g/mol. The molecule has 0 amide bonds. The maximum atomic E-state index is 9.41. The smallest absolute Gasteiger partial charge is 0.210 e. The van der Waals surface area contributed by atoms with Gasteiger partial charge in [-0.05, 0) is 0 Å². The number of nitrogens with zero attached hydrogens (tertiary/aromatic N) is 2. The molecule has 1 aliphatic carbocycles. The van der Waals surface area contributed by atoms with Crippen LogP contribution in [0.4, 0.5) is 0 Å². The van der Waals surface area contributed by atoms with E-state index in [0.29, 0.717) is 12.8 Å². The summed E-state index contributed by atoms with van der Waals surface area (Å²) < 4.78 is 0. The molecular formula is C8H8N4O2. The Kier molecular flexibility index (Phi) is 1.21. The summed E-state index contributed by atoms with van der Waals surface area (Å²) in [6, 6.07) is 0. The van der Waals surface area contributed by atoms with Crippen molar-refractivity contribution in [3.63, 3.8) is 0 Å². The predicted molar refractivity (Wildman–Crippen MR) is 46.1 cm³/mol. The Bertz CT molecular complexity index is 453. The maximum absolute atomic E-state index is 9.41. The molecule has 0 aromatic carbocycles. The molecule has 2 aromatic rings. The quantitative estimate of drug-likeness (QED) is 0.404. The van der Waals surface area contributed by atoms with Gasteiger partial charge < -0.3 is 10.2 Å². The van der Waals surface area contributed by atoms with Gasteiger partial charge in [0.2, 0.25) is 11.8 Å². The Labute approximate surface area is 78.6 Å². The van der Waals surface area contributed by atoms with E-state index in [9.17, 15) is 10.2 Å². The molecule has 2 heterocycles. The summed E-state index contributed by atoms with van der Waals surface area (Å²) in [6.07, 6.45) is 1.01. The molecule has 1 aliphatic rings. The molecule has 0 radical (unpaired) electrons. The zero-order valence-electron chi connectivity index (χ0n) is 7.20. The number of aromatic hydroxyl groups is 2. The zero-order valence-corrected chi connectivity index (χ0v) is 7.20. The van der Waals surface area contributed by atoms with Crippen molar-refractivity contribution in [2.45, 2.75) is 12.8 Å². The molecule has 72 valence electrons. The second kappa shape index (κ2) is 2.28. The minimum atomic E-state index is 0.0909. The van der Waals surface area contributed by atoms with Crippen molar-refractivity contribution < 1.29 is 10.2 Å². The van der Waals surface area contributed by atoms with E-state index in [1.54, 1.807) is 0 Å². The normalized spacial score (nSPS) is 13.7. The van der Waals surface area contributed by atoms with Gasteiger partial charge in [-0.3, -0.25) is 0 Å². The molecule has 0 unspecified atom stereocenters. The average molecular weight is 192 g/mol. The van der Waals surface area contributed by atoms with Crippen LogP contribution in [-0.4, -0.2) is 30.6 Å². The number of nitrogens with one attached hydrogen (secondary N) is 2. The van der Waals surface area contributed by atoms with Gasteiger partial charge in [-0.25, -0.2) is 10.2 Å². The predicted octanol–water partition coefficient (Wildman–Crippen LogP) is 0.0390. The van der Waals surface area contributed by atoms with Gasteiger partial charge in [0.1, 0.15) is 0 Å². The number of fused-ring (bicyclic) bond motifs is 2. The summed E-state index contributed by atoms with van der Waals surface area (Å²) in [4.78, 5) is 0. The van der Waals surface area contributed by atoms with Crippen molar-refractivity contribution >= 4 is 0 Å². The number of hydrogen-bond donors (Lipinski definition) is 4. The zero-order chi connectivity index (χ0) is 9.71. The van der Waals surface area contributed by atoms with Crippen LogP contribution in [0.15, 0.2) is 0 Å². The van der Waals surface area contributed by atoms with Gasteiger partial charge in [0.25, 0.3) is 0 Å². The summed E-state index contributed by atoms with van der Waals surface area (Å²) in [5.41, 5.74) is 3.08. The fourth-order valence-corrected chi connectivity index (χ4v) is 1.78. The topological polar surface area (TPSA) is 97.8 Å². The van der Waals surface area contributed by atoms with Gasteiger partial charge >= 0.3 is 0 Å². The van der Waals surface area contributed by atoms with Crippen LogP contribution < -0.4 is 0 Å². The molecule has 0 spiro atoms. The SMILES string of the molecule is Oc1[nH]nc2c1Cc1n[nH]c(O)c1C2. The van der Waals surface area contributed by atoms with Crippen LogP contribution >= 0.6 is 0 Å². The van der Waals surface area contributed by atoms with Gasteiger partial charge in [-0.2, -0.15) is 10.2 Å². The standard InChI is InChI=1S/C8H8N4O2/c13-7-3-1-5-4(8(14)12-9-5)2-6(3)10-11-7/h1-2H2,(H2,9,12,14)(H2,10,11,13). The molecule has 0 fully saturated rings. The van der Waals surface area contributed by atoms with Crippen molar-refractivity contribution in [1.29, 1.82) is 0 Å². The first-order chi connectivity index (χ1) is 6.75. The van der Waals surface area contributed by atoms with Crippen molar-refractivity contribution in [3.05, 3.63) is 22.5 Å². The van der Waals surface area contributed by atoms with Crippen LogP contribution in [0.1, 0.15) is 22.5 Å². The second-order valence-electron chi connectivity index (χ2n) is 3.35. The molecule has 0 saturated heterocycles. The van der Waals surface area contributed by atoms with Gasteiger partial charge in [0.05, 0.1) is 11.4 Å². The molecule has 6 nitrogen and oxygen atoms in total. The van der Waals surface area contributed by atoms with E-state index < -0.39 is 0 Å². The number of H-pyrrole nitrogens is 2. The summed E-state index contributed by atoms with van der Waals surface area (Å²) >= 11 is 0. The summed E-state index contributed by atoms with van der Waals surface area (Å²) in [6.45, 7) is 0. The highest BCUT2D eigenvalue weighted by atomic mass is 16.3. The largest absolute Gasteiger partial charge is 0.493 e. The summed E-state index contributed by atoms with van der Waals surface area (Å²) in [5.74, 6) is 0.182. The van der Waals surface area contributed by atoms with Crippen molar-refractivity contribution in [1.82, 2.24) is 20.4 Å². The van der Waals surface area contributed by atoms with Crippen LogP contribution in [0, 0.1) is 0 Å². The van der Waals surface area contributed by atoms with E-state index in [-0.39, 0.29) is 11.8 Å². The highest BCUT2D eigenvalue weighted by Crippen LogP contribution is 2.32. The van der Waals surface area contributed by atoms with Crippen LogP contribution in [-0.2, 0) is 12.8 Å². The lowest BCUT2D eigenvalue weighted by atomic mass is 9.96. The first-order valence-corrected chi connectivity index (χ1v) is 4.26. The lowest BCUT2D eigenvalue weighted by Gasteiger charge is -2.08. The number of aromatic amines is 2. The number of hydrogen-bond acceptors (Lipinski definition) is 4. The number of aromatic nitrogens is 4.